The first-order chi connectivity index (χ1) is 15.3. The molecule has 32 heavy (non-hydrogen) atoms. The minimum Gasteiger partial charge on any atom is -0.305 e. The van der Waals surface area contributed by atoms with Crippen molar-refractivity contribution in [3.63, 3.8) is 0 Å². The van der Waals surface area contributed by atoms with Crippen LogP contribution in [0.1, 0.15) is 32.9 Å². The summed E-state index contributed by atoms with van der Waals surface area (Å²) in [4.78, 5) is 12.6. The number of halogens is 3. The highest BCUT2D eigenvalue weighted by atomic mass is 79.9. The summed E-state index contributed by atoms with van der Waals surface area (Å²) in [5.41, 5.74) is 4.53. The lowest BCUT2D eigenvalue weighted by molar-refractivity contribution is 0.102. The van der Waals surface area contributed by atoms with Gasteiger partial charge < -0.3 is 5.32 Å². The summed E-state index contributed by atoms with van der Waals surface area (Å²) >= 11 is 15.7. The maximum atomic E-state index is 12.6. The third-order valence-electron chi connectivity index (χ3n) is 5.07. The number of rotatable bonds is 6. The molecule has 0 aliphatic carbocycles. The van der Waals surface area contributed by atoms with Crippen molar-refractivity contribution in [1.82, 2.24) is 19.6 Å². The SMILES string of the molecule is Cc1nn(Cc2ccc(C(=O)Nc3ccn(Cc4ccc(Cl)cc4Cl)n3)cc2)c(C)c1Br. The Balaban J connectivity index is 1.39. The minimum atomic E-state index is -0.222. The number of aryl methyl sites for hydroxylation is 1. The van der Waals surface area contributed by atoms with Crippen LogP contribution in [0.4, 0.5) is 5.82 Å². The van der Waals surface area contributed by atoms with Crippen molar-refractivity contribution < 1.29 is 4.79 Å². The predicted octanol–water partition coefficient (Wildman–Crippen LogP) is 6.11. The predicted molar refractivity (Wildman–Crippen MR) is 131 cm³/mol. The van der Waals surface area contributed by atoms with Gasteiger partial charge in [0.25, 0.3) is 5.91 Å². The molecule has 0 fully saturated rings. The summed E-state index contributed by atoms with van der Waals surface area (Å²) in [6.07, 6.45) is 1.79. The van der Waals surface area contributed by atoms with Gasteiger partial charge in [0.2, 0.25) is 0 Å². The summed E-state index contributed by atoms with van der Waals surface area (Å²) in [7, 11) is 0. The van der Waals surface area contributed by atoms with E-state index in [4.69, 9.17) is 23.2 Å². The van der Waals surface area contributed by atoms with Gasteiger partial charge >= 0.3 is 0 Å². The maximum Gasteiger partial charge on any atom is 0.256 e. The fourth-order valence-corrected chi connectivity index (χ4v) is 4.05. The third kappa shape index (κ3) is 5.06. The summed E-state index contributed by atoms with van der Waals surface area (Å²) in [5.74, 6) is 0.247. The molecule has 1 N–H and O–H groups in total. The number of anilines is 1. The fraction of sp³-hybridized carbons (Fsp3) is 0.174. The number of hydrogen-bond donors (Lipinski definition) is 1. The molecule has 0 aliphatic heterocycles. The second-order valence-electron chi connectivity index (χ2n) is 7.43. The van der Waals surface area contributed by atoms with Crippen molar-refractivity contribution in [3.8, 4) is 0 Å². The lowest BCUT2D eigenvalue weighted by Gasteiger charge is -2.07. The summed E-state index contributed by atoms with van der Waals surface area (Å²) in [5, 5.41) is 12.9. The Morgan fingerprint density at radius 1 is 1.03 bits per heavy atom. The van der Waals surface area contributed by atoms with E-state index in [-0.39, 0.29) is 5.91 Å². The lowest BCUT2D eigenvalue weighted by Crippen LogP contribution is -2.13. The molecule has 9 heteroatoms. The molecule has 4 rings (SSSR count). The zero-order valence-corrected chi connectivity index (χ0v) is 20.5. The van der Waals surface area contributed by atoms with Crippen molar-refractivity contribution in [2.75, 3.05) is 5.32 Å². The third-order valence-corrected chi connectivity index (χ3v) is 6.81. The lowest BCUT2D eigenvalue weighted by atomic mass is 10.1. The molecule has 4 aromatic rings. The van der Waals surface area contributed by atoms with E-state index in [1.807, 2.05) is 36.7 Å². The minimum absolute atomic E-state index is 0.222. The smallest absolute Gasteiger partial charge is 0.256 e. The molecule has 2 aromatic heterocycles. The topological polar surface area (TPSA) is 64.7 Å². The highest BCUT2D eigenvalue weighted by molar-refractivity contribution is 9.10. The van der Waals surface area contributed by atoms with Gasteiger partial charge in [0, 0.05) is 27.9 Å². The van der Waals surface area contributed by atoms with Crippen LogP contribution in [0.25, 0.3) is 0 Å². The number of nitrogens with one attached hydrogen (secondary N) is 1. The van der Waals surface area contributed by atoms with E-state index in [2.05, 4.69) is 31.4 Å². The van der Waals surface area contributed by atoms with E-state index < -0.39 is 0 Å². The zero-order chi connectivity index (χ0) is 22.8. The van der Waals surface area contributed by atoms with E-state index in [1.54, 1.807) is 41.2 Å². The molecule has 1 amide bonds. The molecule has 0 saturated heterocycles. The molecule has 0 unspecified atom stereocenters. The number of hydrogen-bond acceptors (Lipinski definition) is 3. The van der Waals surface area contributed by atoms with Crippen molar-refractivity contribution in [3.05, 3.63) is 97.3 Å². The van der Waals surface area contributed by atoms with E-state index in [0.717, 1.165) is 27.0 Å². The molecule has 164 valence electrons. The molecule has 0 atom stereocenters. The van der Waals surface area contributed by atoms with Gasteiger partial charge in [-0.3, -0.25) is 14.2 Å². The standard InChI is InChI=1S/C23H20BrCl2N5O/c1-14-22(24)15(2)31(28-14)12-16-3-5-17(6-4-16)23(32)27-21-9-10-30(29-21)13-18-7-8-19(25)11-20(18)26/h3-11H,12-13H2,1-2H3,(H,27,29,32). The van der Waals surface area contributed by atoms with Crippen LogP contribution < -0.4 is 5.32 Å². The van der Waals surface area contributed by atoms with E-state index in [1.165, 1.54) is 0 Å². The Hall–Kier alpha value is -2.61. The van der Waals surface area contributed by atoms with Gasteiger partial charge in [-0.05, 0) is 65.2 Å². The number of amides is 1. The highest BCUT2D eigenvalue weighted by Gasteiger charge is 2.11. The Kier molecular flexibility index (Phi) is 6.69. The second-order valence-corrected chi connectivity index (χ2v) is 9.06. The van der Waals surface area contributed by atoms with Crippen LogP contribution in [0.15, 0.2) is 59.2 Å². The van der Waals surface area contributed by atoms with Crippen molar-refractivity contribution >= 4 is 50.9 Å². The first-order valence-corrected chi connectivity index (χ1v) is 11.4. The Morgan fingerprint density at radius 2 is 1.78 bits per heavy atom. The molecular formula is C23H20BrCl2N5O. The average Bonchev–Trinajstić information content (AvgIpc) is 3.30. The van der Waals surface area contributed by atoms with Crippen LogP contribution in [0.2, 0.25) is 10.0 Å². The van der Waals surface area contributed by atoms with Gasteiger partial charge in [-0.1, -0.05) is 41.4 Å². The number of nitrogens with zero attached hydrogens (tertiary/aromatic N) is 4. The van der Waals surface area contributed by atoms with Gasteiger partial charge in [0.05, 0.1) is 29.0 Å². The summed E-state index contributed by atoms with van der Waals surface area (Å²) in [6, 6.07) is 14.6. The van der Waals surface area contributed by atoms with Crippen molar-refractivity contribution in [1.29, 1.82) is 0 Å². The first-order valence-electron chi connectivity index (χ1n) is 9.87. The average molecular weight is 533 g/mol. The zero-order valence-electron chi connectivity index (χ0n) is 17.4. The molecule has 2 heterocycles. The largest absolute Gasteiger partial charge is 0.305 e. The van der Waals surface area contributed by atoms with Crippen LogP contribution in [-0.2, 0) is 13.1 Å². The molecule has 0 bridgehead atoms. The van der Waals surface area contributed by atoms with Crippen LogP contribution in [0.5, 0.6) is 0 Å². The number of carbonyl (C=O) groups is 1. The van der Waals surface area contributed by atoms with Crippen LogP contribution in [0.3, 0.4) is 0 Å². The van der Waals surface area contributed by atoms with E-state index in [9.17, 15) is 4.79 Å². The Labute approximate surface area is 204 Å². The van der Waals surface area contributed by atoms with E-state index in [0.29, 0.717) is 34.5 Å². The molecule has 0 saturated carbocycles. The van der Waals surface area contributed by atoms with Gasteiger partial charge in [-0.2, -0.15) is 10.2 Å². The quantitative estimate of drug-likeness (QED) is 0.325. The molecule has 6 nitrogen and oxygen atoms in total. The Bertz CT molecular complexity index is 1280. The van der Waals surface area contributed by atoms with Crippen LogP contribution in [-0.4, -0.2) is 25.5 Å². The van der Waals surface area contributed by atoms with Crippen molar-refractivity contribution in [2.45, 2.75) is 26.9 Å². The molecular weight excluding hydrogens is 513 g/mol. The van der Waals surface area contributed by atoms with Gasteiger partial charge in [-0.15, -0.1) is 0 Å². The van der Waals surface area contributed by atoms with Gasteiger partial charge in [0.1, 0.15) is 0 Å². The number of benzene rings is 2. The van der Waals surface area contributed by atoms with Gasteiger partial charge in [0.15, 0.2) is 5.82 Å². The molecule has 0 spiro atoms. The fourth-order valence-electron chi connectivity index (χ4n) is 3.29. The monoisotopic (exact) mass is 531 g/mol. The number of carbonyl (C=O) groups excluding carboxylic acids is 1. The van der Waals surface area contributed by atoms with Crippen LogP contribution in [0, 0.1) is 13.8 Å². The van der Waals surface area contributed by atoms with Crippen LogP contribution >= 0.6 is 39.1 Å². The normalized spacial score (nSPS) is 11.0. The Morgan fingerprint density at radius 3 is 2.44 bits per heavy atom. The summed E-state index contributed by atoms with van der Waals surface area (Å²) in [6.45, 7) is 5.10. The van der Waals surface area contributed by atoms with Gasteiger partial charge in [-0.25, -0.2) is 0 Å². The molecule has 0 radical (unpaired) electrons. The number of aromatic nitrogens is 4. The first kappa shape index (κ1) is 22.6. The van der Waals surface area contributed by atoms with Crippen molar-refractivity contribution in [2.24, 2.45) is 0 Å². The molecule has 2 aromatic carbocycles. The second kappa shape index (κ2) is 9.48. The maximum absolute atomic E-state index is 12.6. The van der Waals surface area contributed by atoms with E-state index >= 15 is 0 Å². The summed E-state index contributed by atoms with van der Waals surface area (Å²) < 4.78 is 4.67. The molecule has 0 aliphatic rings. The highest BCUT2D eigenvalue weighted by Crippen LogP contribution is 2.22.